The van der Waals surface area contributed by atoms with Crippen LogP contribution >= 0.6 is 0 Å². The molecule has 6 heteroatoms. The molecule has 1 aromatic rings. The number of rotatable bonds is 8. The summed E-state index contributed by atoms with van der Waals surface area (Å²) in [6.07, 6.45) is 4.20. The Bertz CT molecular complexity index is 583. The average molecular weight is 348 g/mol. The fraction of sp³-hybridized carbons (Fsp3) is 0.632. The van der Waals surface area contributed by atoms with Crippen molar-refractivity contribution in [3.63, 3.8) is 0 Å². The number of ether oxygens (including phenoxy) is 3. The largest absolute Gasteiger partial charge is 0.496 e. The Morgan fingerprint density at radius 1 is 1.12 bits per heavy atom. The summed E-state index contributed by atoms with van der Waals surface area (Å²) < 4.78 is 16.2. The van der Waals surface area contributed by atoms with Gasteiger partial charge in [0.1, 0.15) is 17.2 Å². The van der Waals surface area contributed by atoms with Gasteiger partial charge in [0.15, 0.2) is 0 Å². The summed E-state index contributed by atoms with van der Waals surface area (Å²) in [7, 11) is 3.21. The molecule has 2 aliphatic carbocycles. The van der Waals surface area contributed by atoms with E-state index in [1.54, 1.807) is 20.3 Å². The van der Waals surface area contributed by atoms with Crippen LogP contribution in [0.3, 0.4) is 0 Å². The van der Waals surface area contributed by atoms with Crippen LogP contribution < -0.4 is 25.3 Å². The number of hydrogen-bond acceptors (Lipinski definition) is 5. The molecule has 0 aliphatic heterocycles. The van der Waals surface area contributed by atoms with Crippen LogP contribution in [-0.2, 0) is 4.79 Å². The highest BCUT2D eigenvalue weighted by Crippen LogP contribution is 2.47. The predicted molar refractivity (Wildman–Crippen MR) is 95.0 cm³/mol. The van der Waals surface area contributed by atoms with E-state index in [0.717, 1.165) is 19.3 Å². The first-order valence-corrected chi connectivity index (χ1v) is 9.01. The molecular formula is C19H28N2O4. The fourth-order valence-corrected chi connectivity index (χ4v) is 4.18. The minimum absolute atomic E-state index is 0.00214. The van der Waals surface area contributed by atoms with Gasteiger partial charge in [0.2, 0.25) is 5.91 Å². The lowest BCUT2D eigenvalue weighted by molar-refractivity contribution is -0.127. The van der Waals surface area contributed by atoms with E-state index in [2.05, 4.69) is 5.32 Å². The van der Waals surface area contributed by atoms with E-state index in [9.17, 15) is 4.79 Å². The van der Waals surface area contributed by atoms with Crippen LogP contribution in [0.2, 0.25) is 0 Å². The Hall–Kier alpha value is -1.95. The molecule has 4 atom stereocenters. The van der Waals surface area contributed by atoms with Crippen LogP contribution in [0.5, 0.6) is 17.2 Å². The molecule has 1 aromatic carbocycles. The third-order valence-electron chi connectivity index (χ3n) is 5.50. The molecule has 138 valence electrons. The molecular weight excluding hydrogens is 320 g/mol. The van der Waals surface area contributed by atoms with Crippen LogP contribution in [-0.4, -0.2) is 39.3 Å². The molecule has 0 radical (unpaired) electrons. The predicted octanol–water partition coefficient (Wildman–Crippen LogP) is 1.96. The molecule has 0 spiro atoms. The van der Waals surface area contributed by atoms with E-state index in [1.807, 2.05) is 12.1 Å². The summed E-state index contributed by atoms with van der Waals surface area (Å²) in [5.41, 5.74) is 6.22. The number of amides is 1. The number of fused-ring (bicyclic) bond motifs is 2. The van der Waals surface area contributed by atoms with Gasteiger partial charge in [-0.3, -0.25) is 4.79 Å². The number of nitrogens with two attached hydrogens (primary N) is 1. The Kier molecular flexibility index (Phi) is 5.68. The number of nitrogens with one attached hydrogen (secondary N) is 1. The molecule has 4 unspecified atom stereocenters. The van der Waals surface area contributed by atoms with Gasteiger partial charge < -0.3 is 25.3 Å². The SMILES string of the molecule is COc1cc(OC)cc(OCCCNC(=O)C2C3CCC(C3)C2N)c1. The van der Waals surface area contributed by atoms with Crippen LogP contribution in [0.15, 0.2) is 18.2 Å². The summed E-state index contributed by atoms with van der Waals surface area (Å²) in [5.74, 6) is 3.22. The van der Waals surface area contributed by atoms with Gasteiger partial charge in [-0.05, 0) is 37.5 Å². The molecule has 3 rings (SSSR count). The molecule has 6 nitrogen and oxygen atoms in total. The Labute approximate surface area is 149 Å². The lowest BCUT2D eigenvalue weighted by atomic mass is 9.84. The monoisotopic (exact) mass is 348 g/mol. The van der Waals surface area contributed by atoms with E-state index < -0.39 is 0 Å². The van der Waals surface area contributed by atoms with Gasteiger partial charge >= 0.3 is 0 Å². The van der Waals surface area contributed by atoms with Gasteiger partial charge in [0, 0.05) is 30.8 Å². The number of carbonyl (C=O) groups excluding carboxylic acids is 1. The van der Waals surface area contributed by atoms with Gasteiger partial charge in [-0.25, -0.2) is 0 Å². The molecule has 2 fully saturated rings. The van der Waals surface area contributed by atoms with Crippen LogP contribution in [0.25, 0.3) is 0 Å². The first kappa shape index (κ1) is 17.9. The van der Waals surface area contributed by atoms with Crippen molar-refractivity contribution in [1.29, 1.82) is 0 Å². The van der Waals surface area contributed by atoms with Crippen LogP contribution in [0, 0.1) is 17.8 Å². The lowest BCUT2D eigenvalue weighted by Gasteiger charge is -2.27. The molecule has 25 heavy (non-hydrogen) atoms. The number of benzene rings is 1. The molecule has 0 saturated heterocycles. The normalized spacial score (nSPS) is 27.2. The quantitative estimate of drug-likeness (QED) is 0.702. The molecule has 0 heterocycles. The molecule has 2 aliphatic rings. The van der Waals surface area contributed by atoms with Crippen molar-refractivity contribution < 1.29 is 19.0 Å². The van der Waals surface area contributed by atoms with Gasteiger partial charge in [0.25, 0.3) is 0 Å². The summed E-state index contributed by atoms with van der Waals surface area (Å²) in [4.78, 5) is 12.4. The van der Waals surface area contributed by atoms with Gasteiger partial charge in [-0.1, -0.05) is 0 Å². The van der Waals surface area contributed by atoms with Gasteiger partial charge in [-0.15, -0.1) is 0 Å². The topological polar surface area (TPSA) is 82.8 Å². The van der Waals surface area contributed by atoms with Crippen LogP contribution in [0.1, 0.15) is 25.7 Å². The zero-order valence-corrected chi connectivity index (χ0v) is 15.0. The second-order valence-corrected chi connectivity index (χ2v) is 6.98. The summed E-state index contributed by atoms with van der Waals surface area (Å²) >= 11 is 0. The zero-order valence-electron chi connectivity index (χ0n) is 15.0. The highest BCUT2D eigenvalue weighted by atomic mass is 16.5. The van der Waals surface area contributed by atoms with E-state index in [4.69, 9.17) is 19.9 Å². The molecule has 1 amide bonds. The van der Waals surface area contributed by atoms with E-state index in [1.165, 1.54) is 6.42 Å². The Morgan fingerprint density at radius 2 is 1.76 bits per heavy atom. The van der Waals surface area contributed by atoms with Crippen molar-refractivity contribution in [2.24, 2.45) is 23.5 Å². The fourth-order valence-electron chi connectivity index (χ4n) is 4.18. The number of carbonyl (C=O) groups is 1. The van der Waals surface area contributed by atoms with Crippen molar-refractivity contribution in [3.05, 3.63) is 18.2 Å². The van der Waals surface area contributed by atoms with Crippen LogP contribution in [0.4, 0.5) is 0 Å². The van der Waals surface area contributed by atoms with Crippen molar-refractivity contribution in [2.45, 2.75) is 31.7 Å². The first-order chi connectivity index (χ1) is 12.1. The number of methoxy groups -OCH3 is 2. The van der Waals surface area contributed by atoms with Gasteiger partial charge in [0.05, 0.1) is 26.7 Å². The van der Waals surface area contributed by atoms with Crippen molar-refractivity contribution in [2.75, 3.05) is 27.4 Å². The van der Waals surface area contributed by atoms with Crippen molar-refractivity contribution in [3.8, 4) is 17.2 Å². The molecule has 0 aromatic heterocycles. The highest BCUT2D eigenvalue weighted by molar-refractivity contribution is 5.80. The van der Waals surface area contributed by atoms with E-state index >= 15 is 0 Å². The standard InChI is InChI=1S/C19H28N2O4/c1-23-14-9-15(24-2)11-16(10-14)25-7-3-6-21-19(22)17-12-4-5-13(8-12)18(17)20/h9-13,17-18H,3-8,20H2,1-2H3,(H,21,22). The lowest BCUT2D eigenvalue weighted by Crippen LogP contribution is -2.45. The van der Waals surface area contributed by atoms with Crippen molar-refractivity contribution >= 4 is 5.91 Å². The highest BCUT2D eigenvalue weighted by Gasteiger charge is 2.48. The number of hydrogen-bond donors (Lipinski definition) is 2. The molecule has 2 saturated carbocycles. The zero-order chi connectivity index (χ0) is 17.8. The average Bonchev–Trinajstić information content (AvgIpc) is 3.22. The van der Waals surface area contributed by atoms with E-state index in [-0.39, 0.29) is 17.9 Å². The first-order valence-electron chi connectivity index (χ1n) is 9.01. The minimum atomic E-state index is 0.00214. The Balaban J connectivity index is 1.40. The third kappa shape index (κ3) is 4.00. The summed E-state index contributed by atoms with van der Waals surface area (Å²) in [6, 6.07) is 5.47. The summed E-state index contributed by atoms with van der Waals surface area (Å²) in [6.45, 7) is 1.11. The maximum absolute atomic E-state index is 12.4. The maximum atomic E-state index is 12.4. The Morgan fingerprint density at radius 3 is 2.36 bits per heavy atom. The third-order valence-corrected chi connectivity index (χ3v) is 5.50. The molecule has 3 N–H and O–H groups in total. The minimum Gasteiger partial charge on any atom is -0.496 e. The van der Waals surface area contributed by atoms with E-state index in [0.29, 0.717) is 42.2 Å². The molecule has 2 bridgehead atoms. The smallest absolute Gasteiger partial charge is 0.224 e. The van der Waals surface area contributed by atoms with Crippen molar-refractivity contribution in [1.82, 2.24) is 5.32 Å². The van der Waals surface area contributed by atoms with Gasteiger partial charge in [-0.2, -0.15) is 0 Å². The second-order valence-electron chi connectivity index (χ2n) is 6.98. The summed E-state index contributed by atoms with van der Waals surface area (Å²) in [5, 5.41) is 3.02. The maximum Gasteiger partial charge on any atom is 0.224 e. The second kappa shape index (κ2) is 7.95.